The lowest BCUT2D eigenvalue weighted by Crippen LogP contribution is -2.45. The highest BCUT2D eigenvalue weighted by Gasteiger charge is 2.36. The lowest BCUT2D eigenvalue weighted by molar-refractivity contribution is -0.135. The summed E-state index contributed by atoms with van der Waals surface area (Å²) < 4.78 is 0. The Bertz CT molecular complexity index is 496. The van der Waals surface area contributed by atoms with Crippen molar-refractivity contribution in [2.75, 3.05) is 26.2 Å². The molecule has 1 heterocycles. The molecule has 4 heteroatoms. The highest BCUT2D eigenvalue weighted by Crippen LogP contribution is 2.19. The van der Waals surface area contributed by atoms with Gasteiger partial charge in [-0.1, -0.05) is 42.5 Å². The molecule has 2 rings (SSSR count). The summed E-state index contributed by atoms with van der Waals surface area (Å²) in [7, 11) is 0. The van der Waals surface area contributed by atoms with Crippen molar-refractivity contribution in [2.24, 2.45) is 5.73 Å². The highest BCUT2D eigenvalue weighted by atomic mass is 16.2. The first-order valence-electron chi connectivity index (χ1n) is 8.15. The van der Waals surface area contributed by atoms with Crippen molar-refractivity contribution in [3.05, 3.63) is 42.0 Å². The van der Waals surface area contributed by atoms with Crippen LogP contribution in [0.3, 0.4) is 0 Å². The van der Waals surface area contributed by atoms with Gasteiger partial charge in [0, 0.05) is 32.2 Å². The molecule has 1 fully saturated rings. The molecule has 0 aromatic heterocycles. The van der Waals surface area contributed by atoms with Gasteiger partial charge in [0.25, 0.3) is 0 Å². The fourth-order valence-electron chi connectivity index (χ4n) is 3.03. The molecular formula is C18H27N3O. The van der Waals surface area contributed by atoms with E-state index in [4.69, 9.17) is 5.73 Å². The van der Waals surface area contributed by atoms with E-state index in [1.54, 1.807) is 0 Å². The molecule has 0 aliphatic carbocycles. The molecule has 0 unspecified atom stereocenters. The average Bonchev–Trinajstić information content (AvgIpc) is 2.90. The van der Waals surface area contributed by atoms with Crippen LogP contribution in [0.4, 0.5) is 0 Å². The summed E-state index contributed by atoms with van der Waals surface area (Å²) in [6.45, 7) is 7.12. The lowest BCUT2D eigenvalue weighted by atomic mass is 10.1. The molecule has 1 amide bonds. The summed E-state index contributed by atoms with van der Waals surface area (Å²) in [6, 6.07) is 10.2. The molecule has 120 valence electrons. The maximum absolute atomic E-state index is 12.6. The SMILES string of the molecule is CCN(CC)C(=O)[C@@H]1C[C@@H](N)CN1CC=Cc1ccccc1. The van der Waals surface area contributed by atoms with Crippen molar-refractivity contribution in [3.8, 4) is 0 Å². The van der Waals surface area contributed by atoms with Gasteiger partial charge in [-0.25, -0.2) is 0 Å². The Kier molecular flexibility index (Phi) is 6.16. The predicted octanol–water partition coefficient (Wildman–Crippen LogP) is 1.97. The number of hydrogen-bond donors (Lipinski definition) is 1. The summed E-state index contributed by atoms with van der Waals surface area (Å²) in [6.07, 6.45) is 4.98. The number of hydrogen-bond acceptors (Lipinski definition) is 3. The van der Waals surface area contributed by atoms with Crippen molar-refractivity contribution in [3.63, 3.8) is 0 Å². The van der Waals surface area contributed by atoms with Gasteiger partial charge in [-0.2, -0.15) is 0 Å². The number of amides is 1. The van der Waals surface area contributed by atoms with Gasteiger partial charge in [0.2, 0.25) is 5.91 Å². The normalized spacial score (nSPS) is 22.3. The summed E-state index contributed by atoms with van der Waals surface area (Å²) >= 11 is 0. The maximum atomic E-state index is 12.6. The molecule has 0 spiro atoms. The third-order valence-electron chi connectivity index (χ3n) is 4.25. The molecule has 4 nitrogen and oxygen atoms in total. The predicted molar refractivity (Wildman–Crippen MR) is 91.4 cm³/mol. The van der Waals surface area contributed by atoms with E-state index in [1.165, 1.54) is 5.56 Å². The molecule has 22 heavy (non-hydrogen) atoms. The van der Waals surface area contributed by atoms with Crippen molar-refractivity contribution in [1.82, 2.24) is 9.80 Å². The second-order valence-corrected chi connectivity index (χ2v) is 5.79. The Morgan fingerprint density at radius 3 is 2.64 bits per heavy atom. The van der Waals surface area contributed by atoms with Crippen molar-refractivity contribution in [2.45, 2.75) is 32.4 Å². The van der Waals surface area contributed by atoms with E-state index >= 15 is 0 Å². The fourth-order valence-corrected chi connectivity index (χ4v) is 3.03. The summed E-state index contributed by atoms with van der Waals surface area (Å²) in [5, 5.41) is 0. The van der Waals surface area contributed by atoms with Gasteiger partial charge >= 0.3 is 0 Å². The maximum Gasteiger partial charge on any atom is 0.239 e. The number of nitrogens with zero attached hydrogens (tertiary/aromatic N) is 2. The molecule has 0 bridgehead atoms. The second kappa shape index (κ2) is 8.11. The first-order valence-corrected chi connectivity index (χ1v) is 8.15. The van der Waals surface area contributed by atoms with Crippen LogP contribution in [0.15, 0.2) is 36.4 Å². The molecule has 1 aromatic rings. The number of benzene rings is 1. The average molecular weight is 301 g/mol. The van der Waals surface area contributed by atoms with E-state index in [1.807, 2.05) is 36.9 Å². The molecule has 1 aliphatic heterocycles. The van der Waals surface area contributed by atoms with Gasteiger partial charge in [0.15, 0.2) is 0 Å². The number of likely N-dealkylation sites (N-methyl/N-ethyl adjacent to an activating group) is 1. The minimum Gasteiger partial charge on any atom is -0.342 e. The molecule has 1 aromatic carbocycles. The van der Waals surface area contributed by atoms with Crippen molar-refractivity contribution >= 4 is 12.0 Å². The molecule has 2 N–H and O–H groups in total. The van der Waals surface area contributed by atoms with E-state index in [0.29, 0.717) is 0 Å². The van der Waals surface area contributed by atoms with Crippen molar-refractivity contribution in [1.29, 1.82) is 0 Å². The van der Waals surface area contributed by atoms with Gasteiger partial charge < -0.3 is 10.6 Å². The Balaban J connectivity index is 1.99. The zero-order chi connectivity index (χ0) is 15.9. The summed E-state index contributed by atoms with van der Waals surface area (Å²) in [5.74, 6) is 0.214. The number of carbonyl (C=O) groups is 1. The molecule has 1 saturated heterocycles. The van der Waals surface area contributed by atoms with Crippen LogP contribution in [0.5, 0.6) is 0 Å². The molecule has 2 atom stereocenters. The van der Waals surface area contributed by atoms with E-state index in [0.717, 1.165) is 32.6 Å². The van der Waals surface area contributed by atoms with Crippen LogP contribution in [0.2, 0.25) is 0 Å². The van der Waals surface area contributed by atoms with Gasteiger partial charge in [0.05, 0.1) is 6.04 Å². The standard InChI is InChI=1S/C18H27N3O/c1-3-20(4-2)18(22)17-13-16(19)14-21(17)12-8-11-15-9-6-5-7-10-15/h5-11,16-17H,3-4,12-14,19H2,1-2H3/t16-,17+/m1/s1. The number of nitrogens with two attached hydrogens (primary N) is 1. The summed E-state index contributed by atoms with van der Waals surface area (Å²) in [4.78, 5) is 16.7. The van der Waals surface area contributed by atoms with Crippen LogP contribution in [-0.2, 0) is 4.79 Å². The smallest absolute Gasteiger partial charge is 0.239 e. The van der Waals surface area contributed by atoms with Crippen LogP contribution >= 0.6 is 0 Å². The number of rotatable bonds is 6. The van der Waals surface area contributed by atoms with Crippen LogP contribution in [0, 0.1) is 0 Å². The van der Waals surface area contributed by atoms with Crippen LogP contribution in [0.1, 0.15) is 25.8 Å². The molecule has 0 saturated carbocycles. The third-order valence-corrected chi connectivity index (χ3v) is 4.25. The van der Waals surface area contributed by atoms with E-state index < -0.39 is 0 Å². The van der Waals surface area contributed by atoms with Gasteiger partial charge in [0.1, 0.15) is 0 Å². The Hall–Kier alpha value is -1.65. The largest absolute Gasteiger partial charge is 0.342 e. The number of carbonyl (C=O) groups excluding carboxylic acids is 1. The first kappa shape index (κ1) is 16.7. The lowest BCUT2D eigenvalue weighted by Gasteiger charge is -2.28. The van der Waals surface area contributed by atoms with Crippen LogP contribution in [-0.4, -0.2) is 54.0 Å². The zero-order valence-corrected chi connectivity index (χ0v) is 13.6. The second-order valence-electron chi connectivity index (χ2n) is 5.79. The monoisotopic (exact) mass is 301 g/mol. The Morgan fingerprint density at radius 2 is 2.00 bits per heavy atom. The Labute approximate surface area is 133 Å². The number of likely N-dealkylation sites (tertiary alicyclic amines) is 1. The van der Waals surface area contributed by atoms with E-state index in [2.05, 4.69) is 29.2 Å². The highest BCUT2D eigenvalue weighted by molar-refractivity contribution is 5.82. The van der Waals surface area contributed by atoms with Gasteiger partial charge in [-0.05, 0) is 25.8 Å². The van der Waals surface area contributed by atoms with Gasteiger partial charge in [-0.3, -0.25) is 9.69 Å². The van der Waals surface area contributed by atoms with E-state index in [-0.39, 0.29) is 18.0 Å². The first-order chi connectivity index (χ1) is 10.7. The zero-order valence-electron chi connectivity index (χ0n) is 13.6. The topological polar surface area (TPSA) is 49.6 Å². The van der Waals surface area contributed by atoms with Crippen LogP contribution in [0.25, 0.3) is 6.08 Å². The molecule has 0 radical (unpaired) electrons. The summed E-state index contributed by atoms with van der Waals surface area (Å²) in [5.41, 5.74) is 7.26. The Morgan fingerprint density at radius 1 is 1.32 bits per heavy atom. The fraction of sp³-hybridized carbons (Fsp3) is 0.500. The molecular weight excluding hydrogens is 274 g/mol. The minimum atomic E-state index is -0.0738. The van der Waals surface area contributed by atoms with E-state index in [9.17, 15) is 4.79 Å². The van der Waals surface area contributed by atoms with Gasteiger partial charge in [-0.15, -0.1) is 0 Å². The quantitative estimate of drug-likeness (QED) is 0.874. The minimum absolute atomic E-state index is 0.0738. The third kappa shape index (κ3) is 4.18. The van der Waals surface area contributed by atoms with Crippen LogP contribution < -0.4 is 5.73 Å². The van der Waals surface area contributed by atoms with Crippen molar-refractivity contribution < 1.29 is 4.79 Å². The molecule has 1 aliphatic rings.